The van der Waals surface area contributed by atoms with E-state index < -0.39 is 4.92 Å². The summed E-state index contributed by atoms with van der Waals surface area (Å²) in [6.07, 6.45) is 4.40. The molecule has 0 spiro atoms. The highest BCUT2D eigenvalue weighted by Crippen LogP contribution is 2.13. The lowest BCUT2D eigenvalue weighted by atomic mass is 10.1. The van der Waals surface area contributed by atoms with Crippen LogP contribution in [0.15, 0.2) is 36.5 Å². The van der Waals surface area contributed by atoms with Gasteiger partial charge in [-0.1, -0.05) is 12.1 Å². The third-order valence-corrected chi connectivity index (χ3v) is 3.40. The first-order valence-electron chi connectivity index (χ1n) is 7.27. The van der Waals surface area contributed by atoms with Gasteiger partial charge in [0.2, 0.25) is 5.91 Å². The standard InChI is InChI=1S/C15H18N4O4/c20-15(17-21)4-2-1-3-13-9-10-18(16-13)11-12-5-7-14(8-6-12)19(22)23/h5-10,21H,1-4,11H2,(H,17,20). The Balaban J connectivity index is 1.82. The molecule has 2 rings (SSSR count). The summed E-state index contributed by atoms with van der Waals surface area (Å²) < 4.78 is 1.77. The number of benzene rings is 1. The molecule has 0 saturated carbocycles. The molecule has 23 heavy (non-hydrogen) atoms. The van der Waals surface area contributed by atoms with E-state index in [0.717, 1.165) is 24.1 Å². The summed E-state index contributed by atoms with van der Waals surface area (Å²) in [5.41, 5.74) is 3.54. The molecule has 0 aliphatic heterocycles. The van der Waals surface area contributed by atoms with Crippen LogP contribution < -0.4 is 5.48 Å². The van der Waals surface area contributed by atoms with Crippen LogP contribution in [-0.4, -0.2) is 25.8 Å². The summed E-state index contributed by atoms with van der Waals surface area (Å²) in [4.78, 5) is 21.1. The van der Waals surface area contributed by atoms with E-state index in [1.54, 1.807) is 22.3 Å². The van der Waals surface area contributed by atoms with Crippen molar-refractivity contribution in [2.24, 2.45) is 0 Å². The number of amides is 1. The van der Waals surface area contributed by atoms with Gasteiger partial charge >= 0.3 is 0 Å². The van der Waals surface area contributed by atoms with Gasteiger partial charge in [-0.05, 0) is 30.9 Å². The molecule has 1 aromatic heterocycles. The fourth-order valence-corrected chi connectivity index (χ4v) is 2.18. The molecule has 0 fully saturated rings. The molecule has 0 atom stereocenters. The number of unbranched alkanes of at least 4 members (excludes halogenated alkanes) is 1. The molecule has 122 valence electrons. The quantitative estimate of drug-likeness (QED) is 0.335. The number of rotatable bonds is 8. The number of hydrogen-bond acceptors (Lipinski definition) is 5. The lowest BCUT2D eigenvalue weighted by molar-refractivity contribution is -0.384. The van der Waals surface area contributed by atoms with Crippen molar-refractivity contribution in [3.05, 3.63) is 57.9 Å². The van der Waals surface area contributed by atoms with Crippen LogP contribution in [0.4, 0.5) is 5.69 Å². The first kappa shape index (κ1) is 16.6. The van der Waals surface area contributed by atoms with E-state index in [-0.39, 0.29) is 11.6 Å². The zero-order chi connectivity index (χ0) is 16.7. The highest BCUT2D eigenvalue weighted by molar-refractivity contribution is 5.74. The number of carbonyl (C=O) groups is 1. The Kier molecular flexibility index (Phi) is 5.81. The second kappa shape index (κ2) is 8.04. The van der Waals surface area contributed by atoms with Crippen molar-refractivity contribution >= 4 is 11.6 Å². The maximum atomic E-state index is 10.9. The number of nitro groups is 1. The fourth-order valence-electron chi connectivity index (χ4n) is 2.18. The Bertz CT molecular complexity index is 666. The van der Waals surface area contributed by atoms with Crippen LogP contribution in [0.5, 0.6) is 0 Å². The molecule has 1 aromatic carbocycles. The Hall–Kier alpha value is -2.74. The van der Waals surface area contributed by atoms with Gasteiger partial charge in [0, 0.05) is 24.8 Å². The second-order valence-electron chi connectivity index (χ2n) is 5.17. The van der Waals surface area contributed by atoms with Gasteiger partial charge in [0.05, 0.1) is 17.2 Å². The summed E-state index contributed by atoms with van der Waals surface area (Å²) in [5.74, 6) is -0.381. The first-order chi connectivity index (χ1) is 11.1. The van der Waals surface area contributed by atoms with Crippen molar-refractivity contribution in [2.75, 3.05) is 0 Å². The van der Waals surface area contributed by atoms with Gasteiger partial charge in [-0.2, -0.15) is 5.10 Å². The molecule has 1 heterocycles. The zero-order valence-electron chi connectivity index (χ0n) is 12.5. The molecule has 0 unspecified atom stereocenters. The molecule has 0 aliphatic carbocycles. The minimum atomic E-state index is -0.424. The predicted octanol–water partition coefficient (Wildman–Crippen LogP) is 2.06. The number of aryl methyl sites for hydroxylation is 1. The van der Waals surface area contributed by atoms with Crippen molar-refractivity contribution < 1.29 is 14.9 Å². The first-order valence-corrected chi connectivity index (χ1v) is 7.27. The third-order valence-electron chi connectivity index (χ3n) is 3.40. The molecular weight excluding hydrogens is 300 g/mol. The molecule has 0 saturated heterocycles. The summed E-state index contributed by atoms with van der Waals surface area (Å²) in [5, 5.41) is 23.4. The molecule has 0 radical (unpaired) electrons. The zero-order valence-corrected chi connectivity index (χ0v) is 12.5. The van der Waals surface area contributed by atoms with Crippen molar-refractivity contribution in [1.29, 1.82) is 0 Å². The van der Waals surface area contributed by atoms with Crippen molar-refractivity contribution in [2.45, 2.75) is 32.2 Å². The smallest absolute Gasteiger partial charge is 0.269 e. The van der Waals surface area contributed by atoms with Crippen LogP contribution in [0.2, 0.25) is 0 Å². The molecule has 2 aromatic rings. The molecule has 2 N–H and O–H groups in total. The number of nitrogens with one attached hydrogen (secondary N) is 1. The van der Waals surface area contributed by atoms with Crippen molar-refractivity contribution in [3.8, 4) is 0 Å². The van der Waals surface area contributed by atoms with Gasteiger partial charge in [0.1, 0.15) is 0 Å². The third kappa shape index (κ3) is 5.19. The van der Waals surface area contributed by atoms with E-state index in [4.69, 9.17) is 5.21 Å². The average Bonchev–Trinajstić information content (AvgIpc) is 2.99. The van der Waals surface area contributed by atoms with Gasteiger partial charge < -0.3 is 0 Å². The van der Waals surface area contributed by atoms with Gasteiger partial charge in [-0.15, -0.1) is 0 Å². The number of hydroxylamine groups is 1. The SMILES string of the molecule is O=C(CCCCc1ccn(Cc2ccc([N+](=O)[O-])cc2)n1)NO. The predicted molar refractivity (Wildman–Crippen MR) is 81.9 cm³/mol. The van der Waals surface area contributed by atoms with Gasteiger partial charge in [-0.25, -0.2) is 5.48 Å². The lowest BCUT2D eigenvalue weighted by Crippen LogP contribution is -2.17. The highest BCUT2D eigenvalue weighted by atomic mass is 16.6. The van der Waals surface area contributed by atoms with Crippen LogP contribution in [0.1, 0.15) is 30.5 Å². The van der Waals surface area contributed by atoms with E-state index in [9.17, 15) is 14.9 Å². The van der Waals surface area contributed by atoms with E-state index in [1.807, 2.05) is 12.3 Å². The van der Waals surface area contributed by atoms with Crippen LogP contribution in [0.3, 0.4) is 0 Å². The number of aromatic nitrogens is 2. The van der Waals surface area contributed by atoms with E-state index in [1.165, 1.54) is 12.1 Å². The van der Waals surface area contributed by atoms with Crippen molar-refractivity contribution in [3.63, 3.8) is 0 Å². The summed E-state index contributed by atoms with van der Waals surface area (Å²) >= 11 is 0. The minimum Gasteiger partial charge on any atom is -0.289 e. The maximum absolute atomic E-state index is 10.9. The van der Waals surface area contributed by atoms with Crippen molar-refractivity contribution in [1.82, 2.24) is 15.3 Å². The van der Waals surface area contributed by atoms with E-state index >= 15 is 0 Å². The topological polar surface area (TPSA) is 110 Å². The Morgan fingerprint density at radius 1 is 1.26 bits per heavy atom. The van der Waals surface area contributed by atoms with Crippen LogP contribution >= 0.6 is 0 Å². The number of carbonyl (C=O) groups excluding carboxylic acids is 1. The maximum Gasteiger partial charge on any atom is 0.269 e. The average molecular weight is 318 g/mol. The van der Waals surface area contributed by atoms with E-state index in [0.29, 0.717) is 19.4 Å². The Morgan fingerprint density at radius 3 is 2.65 bits per heavy atom. The Morgan fingerprint density at radius 2 is 2.00 bits per heavy atom. The minimum absolute atomic E-state index is 0.0711. The van der Waals surface area contributed by atoms with Gasteiger partial charge in [0.25, 0.3) is 5.69 Å². The number of nitrogens with zero attached hydrogens (tertiary/aromatic N) is 3. The highest BCUT2D eigenvalue weighted by Gasteiger charge is 2.05. The summed E-state index contributed by atoms with van der Waals surface area (Å²) in [6.45, 7) is 0.547. The number of hydrogen-bond donors (Lipinski definition) is 2. The largest absolute Gasteiger partial charge is 0.289 e. The monoisotopic (exact) mass is 318 g/mol. The van der Waals surface area contributed by atoms with Gasteiger partial charge in [-0.3, -0.25) is 24.8 Å². The molecular formula is C15H18N4O4. The normalized spacial score (nSPS) is 10.5. The summed E-state index contributed by atoms with van der Waals surface area (Å²) in [7, 11) is 0. The molecule has 0 bridgehead atoms. The lowest BCUT2D eigenvalue weighted by Gasteiger charge is -2.02. The second-order valence-corrected chi connectivity index (χ2v) is 5.17. The molecule has 8 nitrogen and oxygen atoms in total. The number of nitro benzene ring substituents is 1. The number of non-ortho nitro benzene ring substituents is 1. The Labute approximate surface area is 132 Å². The van der Waals surface area contributed by atoms with Crippen LogP contribution in [0.25, 0.3) is 0 Å². The van der Waals surface area contributed by atoms with Crippen LogP contribution in [-0.2, 0) is 17.8 Å². The fraction of sp³-hybridized carbons (Fsp3) is 0.333. The molecule has 1 amide bonds. The van der Waals surface area contributed by atoms with E-state index in [2.05, 4.69) is 5.10 Å². The van der Waals surface area contributed by atoms with Gasteiger partial charge in [0.15, 0.2) is 0 Å². The van der Waals surface area contributed by atoms with Crippen LogP contribution in [0, 0.1) is 10.1 Å². The molecule has 8 heteroatoms. The molecule has 0 aliphatic rings. The summed E-state index contributed by atoms with van der Waals surface area (Å²) in [6, 6.07) is 8.30.